The number of carbonyl (C=O) groups excluding carboxylic acids is 1. The van der Waals surface area contributed by atoms with Crippen LogP contribution in [-0.2, 0) is 11.2 Å². The predicted molar refractivity (Wildman–Crippen MR) is 80.2 cm³/mol. The fourth-order valence-corrected chi connectivity index (χ4v) is 2.44. The zero-order chi connectivity index (χ0) is 15.2. The maximum atomic E-state index is 11.8. The first-order valence-corrected chi connectivity index (χ1v) is 7.37. The SMILES string of the molecule is Cc1ccccc1CCNC(=O)NC(CC(=O)O)C1CC1. The molecule has 21 heavy (non-hydrogen) atoms. The molecule has 2 rings (SSSR count). The number of aliphatic carboxylic acids is 1. The quantitative estimate of drug-likeness (QED) is 0.719. The highest BCUT2D eigenvalue weighted by Gasteiger charge is 2.33. The van der Waals surface area contributed by atoms with E-state index < -0.39 is 5.97 Å². The summed E-state index contributed by atoms with van der Waals surface area (Å²) < 4.78 is 0. The number of hydrogen-bond acceptors (Lipinski definition) is 2. The van der Waals surface area contributed by atoms with E-state index in [0.29, 0.717) is 12.5 Å². The zero-order valence-electron chi connectivity index (χ0n) is 12.3. The Morgan fingerprint density at radius 2 is 2.05 bits per heavy atom. The van der Waals surface area contributed by atoms with Gasteiger partial charge in [0, 0.05) is 12.6 Å². The minimum absolute atomic E-state index is 0.00409. The summed E-state index contributed by atoms with van der Waals surface area (Å²) in [6, 6.07) is 7.55. The second-order valence-electron chi connectivity index (χ2n) is 5.62. The van der Waals surface area contributed by atoms with Crippen LogP contribution in [0.1, 0.15) is 30.4 Å². The Morgan fingerprint density at radius 3 is 2.67 bits per heavy atom. The van der Waals surface area contributed by atoms with Crippen molar-refractivity contribution < 1.29 is 14.7 Å². The molecule has 0 saturated heterocycles. The van der Waals surface area contributed by atoms with Gasteiger partial charge in [-0.15, -0.1) is 0 Å². The zero-order valence-corrected chi connectivity index (χ0v) is 12.3. The maximum Gasteiger partial charge on any atom is 0.315 e. The molecule has 0 spiro atoms. The Bertz CT molecular complexity index is 512. The summed E-state index contributed by atoms with van der Waals surface area (Å²) in [5, 5.41) is 14.4. The Balaban J connectivity index is 1.74. The van der Waals surface area contributed by atoms with Crippen LogP contribution in [0.5, 0.6) is 0 Å². The summed E-state index contributed by atoms with van der Waals surface area (Å²) in [5.41, 5.74) is 2.42. The van der Waals surface area contributed by atoms with Crippen molar-refractivity contribution in [2.45, 2.75) is 38.6 Å². The molecule has 1 aromatic carbocycles. The van der Waals surface area contributed by atoms with E-state index in [-0.39, 0.29) is 18.5 Å². The second-order valence-corrected chi connectivity index (χ2v) is 5.62. The lowest BCUT2D eigenvalue weighted by atomic mass is 10.1. The number of hydrogen-bond donors (Lipinski definition) is 3. The van der Waals surface area contributed by atoms with Crippen molar-refractivity contribution in [3.05, 3.63) is 35.4 Å². The predicted octanol–water partition coefficient (Wildman–Crippen LogP) is 2.09. The Morgan fingerprint density at radius 1 is 1.33 bits per heavy atom. The van der Waals surface area contributed by atoms with Gasteiger partial charge in [-0.2, -0.15) is 0 Å². The molecule has 1 unspecified atom stereocenters. The van der Waals surface area contributed by atoms with Crippen LogP contribution in [0.15, 0.2) is 24.3 Å². The van der Waals surface area contributed by atoms with Crippen LogP contribution in [0.3, 0.4) is 0 Å². The third kappa shape index (κ3) is 5.10. The second kappa shape index (κ2) is 7.11. The van der Waals surface area contributed by atoms with E-state index in [2.05, 4.69) is 10.6 Å². The van der Waals surface area contributed by atoms with Crippen LogP contribution in [-0.4, -0.2) is 29.7 Å². The fourth-order valence-electron chi connectivity index (χ4n) is 2.44. The molecule has 1 aliphatic carbocycles. The minimum Gasteiger partial charge on any atom is -0.481 e. The molecule has 5 heteroatoms. The topological polar surface area (TPSA) is 78.4 Å². The molecule has 0 radical (unpaired) electrons. The Labute approximate surface area is 124 Å². The average Bonchev–Trinajstić information content (AvgIpc) is 3.24. The summed E-state index contributed by atoms with van der Waals surface area (Å²) in [4.78, 5) is 22.6. The van der Waals surface area contributed by atoms with Gasteiger partial charge in [0.25, 0.3) is 0 Å². The third-order valence-electron chi connectivity index (χ3n) is 3.84. The molecule has 5 nitrogen and oxygen atoms in total. The molecule has 1 aliphatic rings. The van der Waals surface area contributed by atoms with Crippen molar-refractivity contribution in [1.29, 1.82) is 0 Å². The number of benzene rings is 1. The van der Waals surface area contributed by atoms with E-state index in [4.69, 9.17) is 5.11 Å². The molecular weight excluding hydrogens is 268 g/mol. The van der Waals surface area contributed by atoms with Crippen LogP contribution >= 0.6 is 0 Å². The molecule has 1 saturated carbocycles. The molecule has 114 valence electrons. The Kier molecular flexibility index (Phi) is 5.20. The van der Waals surface area contributed by atoms with Crippen LogP contribution in [0.25, 0.3) is 0 Å². The number of urea groups is 1. The van der Waals surface area contributed by atoms with Crippen LogP contribution < -0.4 is 10.6 Å². The van der Waals surface area contributed by atoms with Gasteiger partial charge in [0.2, 0.25) is 0 Å². The van der Waals surface area contributed by atoms with Crippen molar-refractivity contribution in [2.75, 3.05) is 6.54 Å². The number of aryl methyl sites for hydroxylation is 1. The number of carbonyl (C=O) groups is 2. The highest BCUT2D eigenvalue weighted by Crippen LogP contribution is 2.33. The molecule has 3 N–H and O–H groups in total. The number of amides is 2. The summed E-state index contributed by atoms with van der Waals surface area (Å²) >= 11 is 0. The largest absolute Gasteiger partial charge is 0.481 e. The molecule has 1 fully saturated rings. The summed E-state index contributed by atoms with van der Waals surface area (Å²) in [6.07, 6.45) is 2.77. The molecule has 0 aliphatic heterocycles. The van der Waals surface area contributed by atoms with Crippen molar-refractivity contribution in [1.82, 2.24) is 10.6 Å². The van der Waals surface area contributed by atoms with Gasteiger partial charge in [0.15, 0.2) is 0 Å². The molecule has 0 aromatic heterocycles. The number of carboxylic acids is 1. The van der Waals surface area contributed by atoms with Gasteiger partial charge >= 0.3 is 12.0 Å². The number of carboxylic acid groups (broad SMARTS) is 1. The van der Waals surface area contributed by atoms with E-state index in [1.807, 2.05) is 31.2 Å². The van der Waals surface area contributed by atoms with Gasteiger partial charge in [-0.05, 0) is 43.2 Å². The molecular formula is C16H22N2O3. The fraction of sp³-hybridized carbons (Fsp3) is 0.500. The van der Waals surface area contributed by atoms with Gasteiger partial charge in [-0.3, -0.25) is 4.79 Å². The van der Waals surface area contributed by atoms with Gasteiger partial charge in [0.05, 0.1) is 6.42 Å². The molecule has 0 heterocycles. The first kappa shape index (κ1) is 15.4. The van der Waals surface area contributed by atoms with E-state index in [0.717, 1.165) is 19.3 Å². The van der Waals surface area contributed by atoms with Crippen LogP contribution in [0.2, 0.25) is 0 Å². The lowest BCUT2D eigenvalue weighted by molar-refractivity contribution is -0.137. The highest BCUT2D eigenvalue weighted by atomic mass is 16.4. The van der Waals surface area contributed by atoms with Gasteiger partial charge < -0.3 is 15.7 Å². The molecule has 2 amide bonds. The van der Waals surface area contributed by atoms with E-state index in [1.165, 1.54) is 11.1 Å². The first-order chi connectivity index (χ1) is 10.1. The van der Waals surface area contributed by atoms with Crippen LogP contribution in [0, 0.1) is 12.8 Å². The van der Waals surface area contributed by atoms with Crippen molar-refractivity contribution >= 4 is 12.0 Å². The normalized spacial score (nSPS) is 15.3. The molecule has 1 aromatic rings. The van der Waals surface area contributed by atoms with Gasteiger partial charge in [-0.25, -0.2) is 4.79 Å². The summed E-state index contributed by atoms with van der Waals surface area (Å²) in [5.74, 6) is -0.546. The molecule has 1 atom stereocenters. The minimum atomic E-state index is -0.868. The maximum absolute atomic E-state index is 11.8. The average molecular weight is 290 g/mol. The van der Waals surface area contributed by atoms with Crippen molar-refractivity contribution in [3.8, 4) is 0 Å². The monoisotopic (exact) mass is 290 g/mol. The van der Waals surface area contributed by atoms with Gasteiger partial charge in [0.1, 0.15) is 0 Å². The lowest BCUT2D eigenvalue weighted by Crippen LogP contribution is -2.44. The van der Waals surface area contributed by atoms with Gasteiger partial charge in [-0.1, -0.05) is 24.3 Å². The highest BCUT2D eigenvalue weighted by molar-refractivity contribution is 5.75. The lowest BCUT2D eigenvalue weighted by Gasteiger charge is -2.17. The standard InChI is InChI=1S/C16H22N2O3/c1-11-4-2-3-5-12(11)8-9-17-16(21)18-14(10-15(19)20)13-6-7-13/h2-5,13-14H,6-10H2,1H3,(H,19,20)(H2,17,18,21). The summed E-state index contributed by atoms with van der Waals surface area (Å²) in [6.45, 7) is 2.59. The smallest absolute Gasteiger partial charge is 0.315 e. The van der Waals surface area contributed by atoms with Crippen LogP contribution in [0.4, 0.5) is 4.79 Å². The van der Waals surface area contributed by atoms with Crippen molar-refractivity contribution in [2.24, 2.45) is 5.92 Å². The number of nitrogens with one attached hydrogen (secondary N) is 2. The van der Waals surface area contributed by atoms with Crippen molar-refractivity contribution in [3.63, 3.8) is 0 Å². The number of rotatable bonds is 7. The van der Waals surface area contributed by atoms with E-state index in [1.54, 1.807) is 0 Å². The Hall–Kier alpha value is -2.04. The van der Waals surface area contributed by atoms with E-state index in [9.17, 15) is 9.59 Å². The van der Waals surface area contributed by atoms with E-state index >= 15 is 0 Å². The third-order valence-corrected chi connectivity index (χ3v) is 3.84. The molecule has 0 bridgehead atoms. The summed E-state index contributed by atoms with van der Waals surface area (Å²) in [7, 11) is 0. The first-order valence-electron chi connectivity index (χ1n) is 7.37.